The summed E-state index contributed by atoms with van der Waals surface area (Å²) in [7, 11) is 0. The molecule has 0 amide bonds. The van der Waals surface area contributed by atoms with E-state index in [1.54, 1.807) is 5.57 Å². The van der Waals surface area contributed by atoms with Crippen LogP contribution in [0.1, 0.15) is 98.8 Å². The van der Waals surface area contributed by atoms with Gasteiger partial charge in [0.05, 0.1) is 6.10 Å². The average molecular weight is 385 g/mol. The van der Waals surface area contributed by atoms with E-state index in [1.807, 2.05) is 0 Å². The fourth-order valence-electron chi connectivity index (χ4n) is 8.45. The van der Waals surface area contributed by atoms with Crippen molar-refractivity contribution >= 4 is 0 Å². The van der Waals surface area contributed by atoms with Crippen molar-refractivity contribution < 1.29 is 5.11 Å². The molecule has 4 aliphatic carbocycles. The van der Waals surface area contributed by atoms with E-state index in [9.17, 15) is 5.11 Å². The Morgan fingerprint density at radius 3 is 2.68 bits per heavy atom. The Morgan fingerprint density at radius 1 is 1.14 bits per heavy atom. The zero-order valence-electron chi connectivity index (χ0n) is 19.1. The molecule has 1 N–H and O–H groups in total. The molecular weight excluding hydrogens is 340 g/mol. The van der Waals surface area contributed by atoms with E-state index in [0.29, 0.717) is 10.8 Å². The van der Waals surface area contributed by atoms with Gasteiger partial charge in [-0.2, -0.15) is 0 Å². The number of allylic oxidation sites excluding steroid dienone is 3. The molecule has 3 saturated carbocycles. The van der Waals surface area contributed by atoms with Crippen molar-refractivity contribution in [2.24, 2.45) is 40.4 Å². The highest BCUT2D eigenvalue weighted by Gasteiger charge is 2.58. The summed E-state index contributed by atoms with van der Waals surface area (Å²) in [6, 6.07) is 0. The lowest BCUT2D eigenvalue weighted by atomic mass is 9.47. The van der Waals surface area contributed by atoms with Crippen LogP contribution in [-0.2, 0) is 0 Å². The van der Waals surface area contributed by atoms with Crippen molar-refractivity contribution in [2.75, 3.05) is 0 Å². The second-order valence-corrected chi connectivity index (χ2v) is 11.7. The lowest BCUT2D eigenvalue weighted by Gasteiger charge is -2.58. The van der Waals surface area contributed by atoms with Gasteiger partial charge >= 0.3 is 0 Å². The highest BCUT2D eigenvalue weighted by molar-refractivity contribution is 5.25. The molecule has 0 radical (unpaired) electrons. The van der Waals surface area contributed by atoms with Crippen molar-refractivity contribution in [3.8, 4) is 0 Å². The van der Waals surface area contributed by atoms with E-state index < -0.39 is 0 Å². The quantitative estimate of drug-likeness (QED) is 0.504. The lowest BCUT2D eigenvalue weighted by Crippen LogP contribution is -2.50. The van der Waals surface area contributed by atoms with Crippen LogP contribution in [0.5, 0.6) is 0 Å². The van der Waals surface area contributed by atoms with Crippen molar-refractivity contribution in [1.82, 2.24) is 0 Å². The number of hydrogen-bond acceptors (Lipinski definition) is 1. The zero-order valence-corrected chi connectivity index (χ0v) is 19.1. The van der Waals surface area contributed by atoms with Gasteiger partial charge in [0.25, 0.3) is 0 Å². The molecule has 28 heavy (non-hydrogen) atoms. The largest absolute Gasteiger partial charge is 0.393 e. The number of aliphatic hydroxyl groups is 1. The first-order chi connectivity index (χ1) is 13.3. The summed E-state index contributed by atoms with van der Waals surface area (Å²) in [5.74, 6) is 4.49. The molecule has 0 aliphatic heterocycles. The molecule has 3 fully saturated rings. The highest BCUT2D eigenvalue weighted by Crippen LogP contribution is 2.67. The van der Waals surface area contributed by atoms with Gasteiger partial charge in [0, 0.05) is 0 Å². The molecule has 1 heteroatoms. The molecule has 0 aromatic carbocycles. The van der Waals surface area contributed by atoms with Crippen LogP contribution in [0, 0.1) is 40.4 Å². The van der Waals surface area contributed by atoms with Gasteiger partial charge in [-0.05, 0) is 118 Å². The molecule has 0 unspecified atom stereocenters. The van der Waals surface area contributed by atoms with Crippen molar-refractivity contribution in [1.29, 1.82) is 0 Å². The Hall–Kier alpha value is -0.560. The predicted molar refractivity (Wildman–Crippen MR) is 119 cm³/mol. The summed E-state index contributed by atoms with van der Waals surface area (Å²) in [5.41, 5.74) is 4.04. The highest BCUT2D eigenvalue weighted by atomic mass is 16.3. The first-order valence-corrected chi connectivity index (χ1v) is 12.3. The van der Waals surface area contributed by atoms with Crippen LogP contribution in [0.4, 0.5) is 0 Å². The molecule has 0 spiro atoms. The van der Waals surface area contributed by atoms with E-state index in [2.05, 4.69) is 46.8 Å². The topological polar surface area (TPSA) is 20.2 Å². The first kappa shape index (κ1) is 20.7. The Kier molecular flexibility index (Phi) is 5.62. The minimum absolute atomic E-state index is 0.0813. The Morgan fingerprint density at radius 2 is 1.93 bits per heavy atom. The molecule has 0 aromatic rings. The normalized spacial score (nSPS) is 46.1. The molecular formula is C27H44O. The van der Waals surface area contributed by atoms with Gasteiger partial charge in [0.15, 0.2) is 0 Å². The van der Waals surface area contributed by atoms with Gasteiger partial charge in [-0.15, -0.1) is 0 Å². The van der Waals surface area contributed by atoms with Crippen LogP contribution in [-0.4, -0.2) is 11.2 Å². The number of rotatable bonds is 4. The summed E-state index contributed by atoms with van der Waals surface area (Å²) in [6.07, 6.45) is 17.9. The molecule has 1 nitrogen and oxygen atoms in total. The van der Waals surface area contributed by atoms with Crippen LogP contribution in [0.15, 0.2) is 23.3 Å². The van der Waals surface area contributed by atoms with Crippen molar-refractivity contribution in [2.45, 2.75) is 105 Å². The maximum absolute atomic E-state index is 10.2. The minimum Gasteiger partial charge on any atom is -0.393 e. The average Bonchev–Trinajstić information content (AvgIpc) is 2.99. The number of aliphatic hydroxyl groups excluding tert-OH is 1. The number of fused-ring (bicyclic) bond motifs is 5. The molecule has 0 bridgehead atoms. The summed E-state index contributed by atoms with van der Waals surface area (Å²) in [6.45, 7) is 12.2. The maximum atomic E-state index is 10.2. The SMILES string of the molecule is CC(C)=CCC[C@H](C)[C@@H]1CC[C@@H]2[C@H]3CC=C4C[C@H](O)CC[C@@]4(C)[C@@H]3CC[C@@]21C. The van der Waals surface area contributed by atoms with E-state index in [1.165, 1.54) is 56.9 Å². The van der Waals surface area contributed by atoms with Gasteiger partial charge in [-0.25, -0.2) is 0 Å². The third-order valence-corrected chi connectivity index (χ3v) is 10.0. The smallest absolute Gasteiger partial charge is 0.0577 e. The zero-order chi connectivity index (χ0) is 20.1. The van der Waals surface area contributed by atoms with Gasteiger partial charge in [-0.3, -0.25) is 0 Å². The first-order valence-electron chi connectivity index (χ1n) is 12.3. The molecule has 4 aliphatic rings. The lowest BCUT2D eigenvalue weighted by molar-refractivity contribution is -0.0571. The molecule has 0 saturated heterocycles. The Labute approximate surface area is 174 Å². The molecule has 0 heterocycles. The minimum atomic E-state index is -0.0813. The third kappa shape index (κ3) is 3.34. The van der Waals surface area contributed by atoms with Gasteiger partial charge in [0.1, 0.15) is 0 Å². The molecule has 8 atom stereocenters. The summed E-state index contributed by atoms with van der Waals surface area (Å²) in [4.78, 5) is 0. The Balaban J connectivity index is 1.51. The van der Waals surface area contributed by atoms with Crippen LogP contribution >= 0.6 is 0 Å². The maximum Gasteiger partial charge on any atom is 0.0577 e. The van der Waals surface area contributed by atoms with Crippen LogP contribution in [0.2, 0.25) is 0 Å². The summed E-state index contributed by atoms with van der Waals surface area (Å²) >= 11 is 0. The Bertz CT molecular complexity index is 641. The molecule has 158 valence electrons. The second-order valence-electron chi connectivity index (χ2n) is 11.7. The second kappa shape index (κ2) is 7.60. The van der Waals surface area contributed by atoms with Crippen molar-refractivity contribution in [3.05, 3.63) is 23.3 Å². The van der Waals surface area contributed by atoms with Crippen LogP contribution in [0.3, 0.4) is 0 Å². The third-order valence-electron chi connectivity index (χ3n) is 10.0. The molecule has 0 aromatic heterocycles. The standard InChI is InChI=1S/C27H44O/c1-18(2)7-6-8-19(3)23-11-12-24-22-10-9-20-17-21(28)13-15-26(20,4)25(22)14-16-27(23,24)5/h7,9,19,21-25,28H,6,8,10-17H2,1-5H3/t19-,21+,22+,23-,24+,25+,26+,27+/m0/s1. The summed E-state index contributed by atoms with van der Waals surface area (Å²) < 4.78 is 0. The number of hydrogen-bond donors (Lipinski definition) is 1. The fourth-order valence-corrected chi connectivity index (χ4v) is 8.45. The fraction of sp³-hybridized carbons (Fsp3) is 0.852. The van der Waals surface area contributed by atoms with Gasteiger partial charge < -0.3 is 5.11 Å². The van der Waals surface area contributed by atoms with E-state index in [4.69, 9.17) is 0 Å². The van der Waals surface area contributed by atoms with Gasteiger partial charge in [0.2, 0.25) is 0 Å². The van der Waals surface area contributed by atoms with Crippen LogP contribution < -0.4 is 0 Å². The van der Waals surface area contributed by atoms with Crippen LogP contribution in [0.25, 0.3) is 0 Å². The summed E-state index contributed by atoms with van der Waals surface area (Å²) in [5, 5.41) is 10.2. The van der Waals surface area contributed by atoms with E-state index in [0.717, 1.165) is 42.4 Å². The van der Waals surface area contributed by atoms with E-state index >= 15 is 0 Å². The molecule has 4 rings (SSSR count). The van der Waals surface area contributed by atoms with E-state index in [-0.39, 0.29) is 6.10 Å². The van der Waals surface area contributed by atoms with Crippen molar-refractivity contribution in [3.63, 3.8) is 0 Å². The monoisotopic (exact) mass is 384 g/mol. The van der Waals surface area contributed by atoms with Gasteiger partial charge in [-0.1, -0.05) is 44.1 Å². The predicted octanol–water partition coefficient (Wildman–Crippen LogP) is 7.31.